The first-order chi connectivity index (χ1) is 13.2. The number of rotatable bonds is 10. The van der Waals surface area contributed by atoms with Gasteiger partial charge < -0.3 is 9.84 Å². The van der Waals surface area contributed by atoms with Crippen LogP contribution in [-0.2, 0) is 14.8 Å². The summed E-state index contributed by atoms with van der Waals surface area (Å²) in [5, 5.41) is 9.25. The van der Waals surface area contributed by atoms with Gasteiger partial charge in [-0.25, -0.2) is 13.1 Å². The largest absolute Gasteiger partial charge is 0.494 e. The van der Waals surface area contributed by atoms with Crippen molar-refractivity contribution < 1.29 is 23.1 Å². The molecule has 0 fully saturated rings. The average Bonchev–Trinajstić information content (AvgIpc) is 2.61. The summed E-state index contributed by atoms with van der Waals surface area (Å²) in [5.74, 6) is -0.00457. The predicted octanol–water partition coefficient (Wildman–Crippen LogP) is 3.91. The Labute approximate surface area is 166 Å². The molecule has 0 radical (unpaired) electrons. The summed E-state index contributed by atoms with van der Waals surface area (Å²) in [4.78, 5) is 11.4. The average molecular weight is 406 g/mol. The Morgan fingerprint density at radius 1 is 1.14 bits per heavy atom. The van der Waals surface area contributed by atoms with Crippen molar-refractivity contribution >= 4 is 16.0 Å². The van der Waals surface area contributed by atoms with Crippen molar-refractivity contribution in [2.45, 2.75) is 44.6 Å². The molecule has 1 atom stereocenters. The fourth-order valence-corrected chi connectivity index (χ4v) is 3.83. The highest BCUT2D eigenvalue weighted by Gasteiger charge is 2.24. The van der Waals surface area contributed by atoms with Crippen LogP contribution in [0.15, 0.2) is 53.4 Å². The quantitative estimate of drug-likeness (QED) is 0.625. The lowest BCUT2D eigenvalue weighted by Crippen LogP contribution is -2.30. The third-order valence-corrected chi connectivity index (χ3v) is 5.72. The summed E-state index contributed by atoms with van der Waals surface area (Å²) in [5.41, 5.74) is 1.48. The molecule has 0 unspecified atom stereocenters. The van der Waals surface area contributed by atoms with E-state index in [-0.39, 0.29) is 11.3 Å². The van der Waals surface area contributed by atoms with Crippen LogP contribution in [0.5, 0.6) is 5.75 Å². The van der Waals surface area contributed by atoms with E-state index in [2.05, 4.69) is 18.6 Å². The number of hydrogen-bond donors (Lipinski definition) is 2. The van der Waals surface area contributed by atoms with Crippen LogP contribution in [-0.4, -0.2) is 26.1 Å². The maximum Gasteiger partial charge on any atom is 0.305 e. The van der Waals surface area contributed by atoms with Crippen molar-refractivity contribution in [3.05, 3.63) is 59.7 Å². The van der Waals surface area contributed by atoms with Gasteiger partial charge >= 0.3 is 5.97 Å². The Hall–Kier alpha value is -2.38. The van der Waals surface area contributed by atoms with Crippen LogP contribution in [0, 0.1) is 12.8 Å². The molecule has 6 nitrogen and oxygen atoms in total. The van der Waals surface area contributed by atoms with E-state index in [1.54, 1.807) is 36.4 Å². The molecule has 2 rings (SSSR count). The molecule has 0 bridgehead atoms. The number of sulfonamides is 1. The zero-order chi connectivity index (χ0) is 20.7. The topological polar surface area (TPSA) is 92.7 Å². The van der Waals surface area contributed by atoms with Gasteiger partial charge in [-0.15, -0.1) is 0 Å². The predicted molar refractivity (Wildman–Crippen MR) is 108 cm³/mol. The van der Waals surface area contributed by atoms with Crippen molar-refractivity contribution in [3.8, 4) is 5.75 Å². The molecule has 0 aromatic heterocycles. The number of carbonyl (C=O) groups is 1. The Morgan fingerprint density at radius 3 is 2.43 bits per heavy atom. The molecule has 0 aliphatic carbocycles. The number of benzene rings is 2. The molecule has 0 amide bonds. The van der Waals surface area contributed by atoms with Crippen LogP contribution < -0.4 is 9.46 Å². The van der Waals surface area contributed by atoms with E-state index in [1.165, 1.54) is 12.1 Å². The van der Waals surface area contributed by atoms with E-state index in [9.17, 15) is 18.3 Å². The molecule has 2 aromatic carbocycles. The van der Waals surface area contributed by atoms with Gasteiger partial charge in [-0.05, 0) is 49.1 Å². The van der Waals surface area contributed by atoms with Crippen LogP contribution in [0.2, 0.25) is 0 Å². The Balaban J connectivity index is 2.23. The van der Waals surface area contributed by atoms with E-state index in [0.29, 0.717) is 23.8 Å². The molecule has 0 heterocycles. The van der Waals surface area contributed by atoms with Crippen LogP contribution in [0.4, 0.5) is 0 Å². The Morgan fingerprint density at radius 2 is 1.82 bits per heavy atom. The molecule has 0 aliphatic heterocycles. The third kappa shape index (κ3) is 6.65. The first kappa shape index (κ1) is 21.9. The van der Waals surface area contributed by atoms with Gasteiger partial charge in [0.2, 0.25) is 10.0 Å². The highest BCUT2D eigenvalue weighted by atomic mass is 32.2. The van der Waals surface area contributed by atoms with E-state index >= 15 is 0 Å². The number of carboxylic acids is 1. The highest BCUT2D eigenvalue weighted by Crippen LogP contribution is 2.24. The zero-order valence-electron chi connectivity index (χ0n) is 16.4. The number of carboxylic acid groups (broad SMARTS) is 1. The molecule has 0 saturated heterocycles. The lowest BCUT2D eigenvalue weighted by molar-refractivity contribution is -0.137. The second-order valence-corrected chi connectivity index (χ2v) is 8.90. The maximum atomic E-state index is 12.7. The fraction of sp³-hybridized carbons (Fsp3) is 0.381. The number of ether oxygens (including phenoxy) is 1. The number of aryl methyl sites for hydroxylation is 1. The summed E-state index contributed by atoms with van der Waals surface area (Å²) in [6, 6.07) is 12.4. The summed E-state index contributed by atoms with van der Waals surface area (Å²) in [7, 11) is -3.87. The zero-order valence-corrected chi connectivity index (χ0v) is 17.2. The van der Waals surface area contributed by atoms with Gasteiger partial charge in [-0.3, -0.25) is 4.79 Å². The van der Waals surface area contributed by atoms with Gasteiger partial charge in [0.25, 0.3) is 0 Å². The van der Waals surface area contributed by atoms with Crippen LogP contribution >= 0.6 is 0 Å². The summed E-state index contributed by atoms with van der Waals surface area (Å²) < 4.78 is 33.6. The third-order valence-electron chi connectivity index (χ3n) is 4.23. The van der Waals surface area contributed by atoms with Gasteiger partial charge in [0, 0.05) is 0 Å². The van der Waals surface area contributed by atoms with Gasteiger partial charge in [-0.1, -0.05) is 43.7 Å². The van der Waals surface area contributed by atoms with Crippen molar-refractivity contribution in [1.82, 2.24) is 4.72 Å². The van der Waals surface area contributed by atoms with Gasteiger partial charge in [0.05, 0.1) is 24.0 Å². The lowest BCUT2D eigenvalue weighted by Gasteiger charge is -2.19. The molecule has 2 aromatic rings. The van der Waals surface area contributed by atoms with E-state index in [0.717, 1.165) is 12.0 Å². The Kier molecular flexibility index (Phi) is 7.60. The van der Waals surface area contributed by atoms with E-state index < -0.39 is 22.0 Å². The molecule has 2 N–H and O–H groups in total. The minimum atomic E-state index is -3.87. The van der Waals surface area contributed by atoms with Crippen LogP contribution in [0.1, 0.15) is 43.9 Å². The molecular weight excluding hydrogens is 378 g/mol. The van der Waals surface area contributed by atoms with Crippen molar-refractivity contribution in [1.29, 1.82) is 0 Å². The van der Waals surface area contributed by atoms with Gasteiger partial charge in [-0.2, -0.15) is 0 Å². The van der Waals surface area contributed by atoms with Crippen molar-refractivity contribution in [2.75, 3.05) is 6.61 Å². The SMILES string of the molecule is Cc1ccc(S(=O)(=O)N[C@H](CC(=O)O)c2cccc(OCCC(C)C)c2)cc1. The number of nitrogens with one attached hydrogen (secondary N) is 1. The second kappa shape index (κ2) is 9.71. The summed E-state index contributed by atoms with van der Waals surface area (Å²) in [6.07, 6.45) is 0.517. The first-order valence-electron chi connectivity index (χ1n) is 9.21. The molecule has 7 heteroatoms. The summed E-state index contributed by atoms with van der Waals surface area (Å²) in [6.45, 7) is 6.60. The minimum Gasteiger partial charge on any atom is -0.494 e. The summed E-state index contributed by atoms with van der Waals surface area (Å²) >= 11 is 0. The van der Waals surface area contributed by atoms with Crippen LogP contribution in [0.3, 0.4) is 0 Å². The van der Waals surface area contributed by atoms with Crippen LogP contribution in [0.25, 0.3) is 0 Å². The molecule has 28 heavy (non-hydrogen) atoms. The fourth-order valence-electron chi connectivity index (χ4n) is 2.61. The van der Waals surface area contributed by atoms with E-state index in [4.69, 9.17) is 4.74 Å². The molecular formula is C21H27NO5S. The maximum absolute atomic E-state index is 12.7. The normalized spacial score (nSPS) is 12.7. The van der Waals surface area contributed by atoms with Gasteiger partial charge in [0.15, 0.2) is 0 Å². The van der Waals surface area contributed by atoms with E-state index in [1.807, 2.05) is 6.92 Å². The number of aliphatic carboxylic acids is 1. The van der Waals surface area contributed by atoms with Gasteiger partial charge in [0.1, 0.15) is 5.75 Å². The molecule has 152 valence electrons. The highest BCUT2D eigenvalue weighted by molar-refractivity contribution is 7.89. The lowest BCUT2D eigenvalue weighted by atomic mass is 10.0. The van der Waals surface area contributed by atoms with Crippen molar-refractivity contribution in [3.63, 3.8) is 0 Å². The molecule has 0 spiro atoms. The molecule has 0 saturated carbocycles. The smallest absolute Gasteiger partial charge is 0.305 e. The standard InChI is InChI=1S/C21H27NO5S/c1-15(2)11-12-27-18-6-4-5-17(13-18)20(14-21(23)24)22-28(25,26)19-9-7-16(3)8-10-19/h4-10,13,15,20,22H,11-12,14H2,1-3H3,(H,23,24)/t20-/m1/s1. The molecule has 0 aliphatic rings. The Bertz CT molecular complexity index is 891. The second-order valence-electron chi connectivity index (χ2n) is 7.19. The monoisotopic (exact) mass is 405 g/mol. The first-order valence-corrected chi connectivity index (χ1v) is 10.7. The minimum absolute atomic E-state index is 0.0952. The van der Waals surface area contributed by atoms with Crippen molar-refractivity contribution in [2.24, 2.45) is 5.92 Å². The number of hydrogen-bond acceptors (Lipinski definition) is 4.